The molecule has 0 saturated carbocycles. The van der Waals surface area contributed by atoms with E-state index in [0.717, 1.165) is 13.2 Å². The van der Waals surface area contributed by atoms with Crippen molar-refractivity contribution in [1.29, 1.82) is 0 Å². The van der Waals surface area contributed by atoms with Gasteiger partial charge in [-0.1, -0.05) is 46.3 Å². The van der Waals surface area contributed by atoms with Gasteiger partial charge in [-0.3, -0.25) is 0 Å². The van der Waals surface area contributed by atoms with E-state index in [1.165, 1.54) is 18.4 Å². The first kappa shape index (κ1) is 10.2. The molecule has 1 heterocycles. The number of benzene rings is 1. The smallest absolute Gasteiger partial charge is 0.0508 e. The lowest BCUT2D eigenvalue weighted by molar-refractivity contribution is 0.0546. The number of ether oxygens (including phenoxy) is 1. The molecular formula is C12H15BrO. The summed E-state index contributed by atoms with van der Waals surface area (Å²) < 4.78 is 5.49. The van der Waals surface area contributed by atoms with Gasteiger partial charge in [0.2, 0.25) is 0 Å². The molecule has 0 spiro atoms. The van der Waals surface area contributed by atoms with Crippen LogP contribution in [0.15, 0.2) is 30.3 Å². The second-order valence-electron chi connectivity index (χ2n) is 3.79. The van der Waals surface area contributed by atoms with E-state index in [1.807, 2.05) is 0 Å². The van der Waals surface area contributed by atoms with E-state index in [1.54, 1.807) is 0 Å². The van der Waals surface area contributed by atoms with E-state index in [-0.39, 0.29) is 0 Å². The molecule has 2 atom stereocenters. The predicted molar refractivity (Wildman–Crippen MR) is 61.7 cm³/mol. The number of hydrogen-bond donors (Lipinski definition) is 0. The Balaban J connectivity index is 2.03. The molecule has 14 heavy (non-hydrogen) atoms. The Morgan fingerprint density at radius 3 is 2.71 bits per heavy atom. The molecule has 1 fully saturated rings. The quantitative estimate of drug-likeness (QED) is 0.734. The Labute approximate surface area is 93.6 Å². The van der Waals surface area contributed by atoms with Gasteiger partial charge in [0.15, 0.2) is 0 Å². The average molecular weight is 255 g/mol. The van der Waals surface area contributed by atoms with Crippen LogP contribution >= 0.6 is 15.9 Å². The van der Waals surface area contributed by atoms with Crippen molar-refractivity contribution in [3.63, 3.8) is 0 Å². The average Bonchev–Trinajstić information content (AvgIpc) is 2.30. The highest BCUT2D eigenvalue weighted by molar-refractivity contribution is 9.09. The molecule has 2 rings (SSSR count). The van der Waals surface area contributed by atoms with Crippen molar-refractivity contribution in [3.8, 4) is 0 Å². The van der Waals surface area contributed by atoms with Gasteiger partial charge >= 0.3 is 0 Å². The van der Waals surface area contributed by atoms with E-state index in [0.29, 0.717) is 10.7 Å². The summed E-state index contributed by atoms with van der Waals surface area (Å²) in [7, 11) is 0. The van der Waals surface area contributed by atoms with E-state index in [4.69, 9.17) is 4.74 Å². The van der Waals surface area contributed by atoms with Crippen molar-refractivity contribution in [1.82, 2.24) is 0 Å². The third-order valence-corrected chi connectivity index (χ3v) is 4.00. The third-order valence-electron chi connectivity index (χ3n) is 2.73. The zero-order chi connectivity index (χ0) is 9.80. The first-order valence-corrected chi connectivity index (χ1v) is 6.06. The molecule has 1 nitrogen and oxygen atoms in total. The van der Waals surface area contributed by atoms with E-state index < -0.39 is 0 Å². The van der Waals surface area contributed by atoms with Crippen LogP contribution in [-0.4, -0.2) is 13.2 Å². The van der Waals surface area contributed by atoms with Crippen LogP contribution in [0.1, 0.15) is 23.2 Å². The van der Waals surface area contributed by atoms with Crippen molar-refractivity contribution >= 4 is 15.9 Å². The largest absolute Gasteiger partial charge is 0.381 e. The molecule has 0 N–H and O–H groups in total. The summed E-state index contributed by atoms with van der Waals surface area (Å²) in [5.41, 5.74) is 1.36. The van der Waals surface area contributed by atoms with Crippen molar-refractivity contribution in [3.05, 3.63) is 35.9 Å². The third kappa shape index (κ3) is 2.37. The number of halogens is 1. The first-order chi connectivity index (χ1) is 6.88. The Morgan fingerprint density at radius 1 is 1.29 bits per heavy atom. The normalized spacial score (nSPS) is 24.5. The minimum absolute atomic E-state index is 0.448. The van der Waals surface area contributed by atoms with Gasteiger partial charge in [-0.25, -0.2) is 0 Å². The Kier molecular flexibility index (Phi) is 3.60. The molecule has 2 heteroatoms. The van der Waals surface area contributed by atoms with Gasteiger partial charge in [0.25, 0.3) is 0 Å². The first-order valence-electron chi connectivity index (χ1n) is 5.14. The lowest BCUT2D eigenvalue weighted by Crippen LogP contribution is -2.20. The molecule has 1 aromatic carbocycles. The fourth-order valence-corrected chi connectivity index (χ4v) is 2.63. The highest BCUT2D eigenvalue weighted by Crippen LogP contribution is 2.35. The molecule has 2 unspecified atom stereocenters. The van der Waals surface area contributed by atoms with Crippen LogP contribution in [-0.2, 0) is 4.74 Å². The van der Waals surface area contributed by atoms with Crippen molar-refractivity contribution in [2.75, 3.05) is 13.2 Å². The number of alkyl halides is 1. The highest BCUT2D eigenvalue weighted by atomic mass is 79.9. The summed E-state index contributed by atoms with van der Waals surface area (Å²) >= 11 is 3.77. The Morgan fingerprint density at radius 2 is 2.07 bits per heavy atom. The van der Waals surface area contributed by atoms with Crippen molar-refractivity contribution < 1.29 is 4.74 Å². The van der Waals surface area contributed by atoms with Crippen LogP contribution < -0.4 is 0 Å². The Hall–Kier alpha value is -0.340. The van der Waals surface area contributed by atoms with Crippen LogP contribution in [0.25, 0.3) is 0 Å². The molecule has 1 saturated heterocycles. The number of hydrogen-bond acceptors (Lipinski definition) is 1. The van der Waals surface area contributed by atoms with Crippen molar-refractivity contribution in [2.45, 2.75) is 17.7 Å². The molecule has 0 bridgehead atoms. The summed E-state index contributed by atoms with van der Waals surface area (Å²) in [4.78, 5) is 0.448. The monoisotopic (exact) mass is 254 g/mol. The molecular weight excluding hydrogens is 240 g/mol. The van der Waals surface area contributed by atoms with E-state index >= 15 is 0 Å². The van der Waals surface area contributed by atoms with Gasteiger partial charge in [-0.15, -0.1) is 0 Å². The summed E-state index contributed by atoms with van der Waals surface area (Å²) in [6.07, 6.45) is 2.46. The Bertz CT molecular complexity index is 267. The summed E-state index contributed by atoms with van der Waals surface area (Å²) in [6, 6.07) is 10.6. The SMILES string of the molecule is BrC(c1ccccc1)C1CCCOC1. The van der Waals surface area contributed by atoms with Gasteiger partial charge in [-0.05, 0) is 24.3 Å². The summed E-state index contributed by atoms with van der Waals surface area (Å²) in [5.74, 6) is 0.631. The maximum absolute atomic E-state index is 5.49. The van der Waals surface area contributed by atoms with Gasteiger partial charge < -0.3 is 4.74 Å². The molecule has 0 radical (unpaired) electrons. The minimum atomic E-state index is 0.448. The number of rotatable bonds is 2. The minimum Gasteiger partial charge on any atom is -0.381 e. The zero-order valence-electron chi connectivity index (χ0n) is 8.16. The van der Waals surface area contributed by atoms with Crippen LogP contribution in [0.2, 0.25) is 0 Å². The molecule has 0 aromatic heterocycles. The molecule has 1 aliphatic rings. The topological polar surface area (TPSA) is 9.23 Å². The highest BCUT2D eigenvalue weighted by Gasteiger charge is 2.22. The standard InChI is InChI=1S/C12H15BrO/c13-12(10-5-2-1-3-6-10)11-7-4-8-14-9-11/h1-3,5-6,11-12H,4,7-9H2. The zero-order valence-corrected chi connectivity index (χ0v) is 9.74. The lowest BCUT2D eigenvalue weighted by Gasteiger charge is -2.26. The lowest BCUT2D eigenvalue weighted by atomic mass is 9.94. The predicted octanol–water partition coefficient (Wildman–Crippen LogP) is 3.55. The molecule has 0 amide bonds. The van der Waals surface area contributed by atoms with Crippen LogP contribution in [0, 0.1) is 5.92 Å². The molecule has 76 valence electrons. The van der Waals surface area contributed by atoms with Crippen LogP contribution in [0.5, 0.6) is 0 Å². The van der Waals surface area contributed by atoms with E-state index in [9.17, 15) is 0 Å². The second-order valence-corrected chi connectivity index (χ2v) is 4.78. The summed E-state index contributed by atoms with van der Waals surface area (Å²) in [6.45, 7) is 1.83. The van der Waals surface area contributed by atoms with Gasteiger partial charge in [-0.2, -0.15) is 0 Å². The van der Waals surface area contributed by atoms with Crippen LogP contribution in [0.4, 0.5) is 0 Å². The fourth-order valence-electron chi connectivity index (χ4n) is 1.91. The maximum atomic E-state index is 5.49. The maximum Gasteiger partial charge on any atom is 0.0508 e. The van der Waals surface area contributed by atoms with Crippen molar-refractivity contribution in [2.24, 2.45) is 5.92 Å². The molecule has 1 aromatic rings. The molecule has 1 aliphatic heterocycles. The van der Waals surface area contributed by atoms with E-state index in [2.05, 4.69) is 46.3 Å². The molecule has 0 aliphatic carbocycles. The van der Waals surface area contributed by atoms with Gasteiger partial charge in [0.05, 0.1) is 6.61 Å². The van der Waals surface area contributed by atoms with Crippen LogP contribution in [0.3, 0.4) is 0 Å². The summed E-state index contributed by atoms with van der Waals surface area (Å²) in [5, 5.41) is 0. The second kappa shape index (κ2) is 4.94. The van der Waals surface area contributed by atoms with Gasteiger partial charge in [0.1, 0.15) is 0 Å². The fraction of sp³-hybridized carbons (Fsp3) is 0.500. The van der Waals surface area contributed by atoms with Gasteiger partial charge in [0, 0.05) is 11.4 Å².